The summed E-state index contributed by atoms with van der Waals surface area (Å²) in [7, 11) is 3.30. The number of para-hydroxylation sites is 1. The molecule has 0 saturated heterocycles. The number of methoxy groups -OCH3 is 2. The minimum absolute atomic E-state index is 0.690. The fourth-order valence-electron chi connectivity index (χ4n) is 2.54. The molecule has 3 rings (SSSR count). The number of anilines is 1. The molecule has 0 atom stereocenters. The van der Waals surface area contributed by atoms with Crippen molar-refractivity contribution in [1.82, 2.24) is 0 Å². The second kappa shape index (κ2) is 8.80. The monoisotopic (exact) mass is 461 g/mol. The standard InChI is InChI=1S/C21H20INO3/c1-24-20-13-15(12-19(22)21(20)25-2)14-23-16-8-10-18(11-9-16)26-17-6-4-3-5-7-17/h3-13,23H,14H2,1-2H3. The second-order valence-electron chi connectivity index (χ2n) is 5.61. The summed E-state index contributed by atoms with van der Waals surface area (Å²) in [5, 5.41) is 3.41. The lowest BCUT2D eigenvalue weighted by atomic mass is 10.2. The molecule has 1 N–H and O–H groups in total. The van der Waals surface area contributed by atoms with Crippen LogP contribution in [0.5, 0.6) is 23.0 Å². The molecule has 0 heterocycles. The summed E-state index contributed by atoms with van der Waals surface area (Å²) in [6.07, 6.45) is 0. The van der Waals surface area contributed by atoms with E-state index in [-0.39, 0.29) is 0 Å². The zero-order chi connectivity index (χ0) is 18.4. The third-order valence-electron chi connectivity index (χ3n) is 3.82. The third-order valence-corrected chi connectivity index (χ3v) is 4.62. The fraction of sp³-hybridized carbons (Fsp3) is 0.143. The lowest BCUT2D eigenvalue weighted by Crippen LogP contribution is -2.02. The SMILES string of the molecule is COc1cc(CNc2ccc(Oc3ccccc3)cc2)cc(I)c1OC. The van der Waals surface area contributed by atoms with Crippen LogP contribution in [0.2, 0.25) is 0 Å². The fourth-order valence-corrected chi connectivity index (χ4v) is 3.43. The van der Waals surface area contributed by atoms with Crippen molar-refractivity contribution in [3.63, 3.8) is 0 Å². The van der Waals surface area contributed by atoms with Gasteiger partial charge in [0.25, 0.3) is 0 Å². The van der Waals surface area contributed by atoms with Crippen molar-refractivity contribution < 1.29 is 14.2 Å². The van der Waals surface area contributed by atoms with E-state index in [0.29, 0.717) is 6.54 Å². The van der Waals surface area contributed by atoms with Crippen LogP contribution in [-0.2, 0) is 6.54 Å². The van der Waals surface area contributed by atoms with E-state index in [9.17, 15) is 0 Å². The first-order valence-electron chi connectivity index (χ1n) is 8.17. The molecule has 3 aromatic carbocycles. The number of hydrogen-bond donors (Lipinski definition) is 1. The Morgan fingerprint density at radius 3 is 2.19 bits per heavy atom. The van der Waals surface area contributed by atoms with Gasteiger partial charge in [-0.05, 0) is 76.7 Å². The number of benzene rings is 3. The van der Waals surface area contributed by atoms with E-state index < -0.39 is 0 Å². The van der Waals surface area contributed by atoms with Gasteiger partial charge in [-0.2, -0.15) is 0 Å². The van der Waals surface area contributed by atoms with Gasteiger partial charge in [0.05, 0.1) is 17.8 Å². The van der Waals surface area contributed by atoms with Gasteiger partial charge in [0.2, 0.25) is 0 Å². The zero-order valence-corrected chi connectivity index (χ0v) is 16.8. The maximum absolute atomic E-state index is 5.81. The summed E-state index contributed by atoms with van der Waals surface area (Å²) < 4.78 is 17.6. The van der Waals surface area contributed by atoms with Crippen LogP contribution in [0.4, 0.5) is 5.69 Å². The van der Waals surface area contributed by atoms with Crippen molar-refractivity contribution in [2.45, 2.75) is 6.54 Å². The molecule has 134 valence electrons. The lowest BCUT2D eigenvalue weighted by molar-refractivity contribution is 0.352. The van der Waals surface area contributed by atoms with Crippen molar-refractivity contribution >= 4 is 28.3 Å². The second-order valence-corrected chi connectivity index (χ2v) is 6.77. The van der Waals surface area contributed by atoms with E-state index in [2.05, 4.69) is 34.0 Å². The smallest absolute Gasteiger partial charge is 0.174 e. The Morgan fingerprint density at radius 1 is 0.846 bits per heavy atom. The largest absolute Gasteiger partial charge is 0.493 e. The molecule has 0 bridgehead atoms. The van der Waals surface area contributed by atoms with Gasteiger partial charge >= 0.3 is 0 Å². The highest BCUT2D eigenvalue weighted by Crippen LogP contribution is 2.33. The summed E-state index contributed by atoms with van der Waals surface area (Å²) in [5.74, 6) is 3.14. The highest BCUT2D eigenvalue weighted by atomic mass is 127. The van der Waals surface area contributed by atoms with Crippen molar-refractivity contribution in [2.75, 3.05) is 19.5 Å². The number of nitrogens with one attached hydrogen (secondary N) is 1. The Bertz CT molecular complexity index is 851. The van der Waals surface area contributed by atoms with Gasteiger partial charge in [-0.15, -0.1) is 0 Å². The molecule has 0 fully saturated rings. The van der Waals surface area contributed by atoms with Gasteiger partial charge in [0.15, 0.2) is 11.5 Å². The molecule has 0 amide bonds. The molecule has 0 aliphatic carbocycles. The molecule has 0 aromatic heterocycles. The van der Waals surface area contributed by atoms with Crippen LogP contribution >= 0.6 is 22.6 Å². The van der Waals surface area contributed by atoms with Gasteiger partial charge in [-0.25, -0.2) is 0 Å². The van der Waals surface area contributed by atoms with Crippen LogP contribution in [-0.4, -0.2) is 14.2 Å². The van der Waals surface area contributed by atoms with Gasteiger partial charge in [-0.3, -0.25) is 0 Å². The predicted molar refractivity (Wildman–Crippen MR) is 113 cm³/mol. The highest BCUT2D eigenvalue weighted by molar-refractivity contribution is 14.1. The summed E-state index contributed by atoms with van der Waals surface area (Å²) >= 11 is 2.25. The predicted octanol–water partition coefficient (Wildman–Crippen LogP) is 5.71. The molecule has 0 unspecified atom stereocenters. The molecule has 26 heavy (non-hydrogen) atoms. The number of halogens is 1. The summed E-state index contributed by atoms with van der Waals surface area (Å²) in [6, 6.07) is 21.7. The Labute approximate surface area is 167 Å². The maximum Gasteiger partial charge on any atom is 0.174 e. The van der Waals surface area contributed by atoms with Crippen molar-refractivity contribution in [2.24, 2.45) is 0 Å². The Morgan fingerprint density at radius 2 is 1.54 bits per heavy atom. The van der Waals surface area contributed by atoms with E-state index in [0.717, 1.165) is 37.8 Å². The minimum Gasteiger partial charge on any atom is -0.493 e. The first-order valence-corrected chi connectivity index (χ1v) is 9.24. The maximum atomic E-state index is 5.81. The molecule has 0 spiro atoms. The van der Waals surface area contributed by atoms with Gasteiger partial charge in [-0.1, -0.05) is 18.2 Å². The average molecular weight is 461 g/mol. The highest BCUT2D eigenvalue weighted by Gasteiger charge is 2.10. The molecule has 0 aliphatic heterocycles. The topological polar surface area (TPSA) is 39.7 Å². The summed E-state index contributed by atoms with van der Waals surface area (Å²) in [5.41, 5.74) is 2.15. The average Bonchev–Trinajstić information content (AvgIpc) is 2.67. The Hall–Kier alpha value is -2.41. The Balaban J connectivity index is 1.64. The number of hydrogen-bond acceptors (Lipinski definition) is 4. The molecular formula is C21H20INO3. The van der Waals surface area contributed by atoms with E-state index in [4.69, 9.17) is 14.2 Å². The molecule has 0 saturated carbocycles. The number of rotatable bonds is 7. The van der Waals surface area contributed by atoms with Crippen LogP contribution in [0.3, 0.4) is 0 Å². The minimum atomic E-state index is 0.690. The first kappa shape index (κ1) is 18.4. The first-order chi connectivity index (χ1) is 12.7. The van der Waals surface area contributed by atoms with E-state index in [1.807, 2.05) is 60.7 Å². The normalized spacial score (nSPS) is 10.3. The van der Waals surface area contributed by atoms with E-state index in [1.54, 1.807) is 14.2 Å². The molecule has 0 radical (unpaired) electrons. The van der Waals surface area contributed by atoms with Crippen molar-refractivity contribution in [3.8, 4) is 23.0 Å². The van der Waals surface area contributed by atoms with Crippen LogP contribution < -0.4 is 19.5 Å². The van der Waals surface area contributed by atoms with Crippen LogP contribution in [0.15, 0.2) is 66.7 Å². The zero-order valence-electron chi connectivity index (χ0n) is 14.7. The molecular weight excluding hydrogens is 441 g/mol. The van der Waals surface area contributed by atoms with Gasteiger partial charge in [0, 0.05) is 12.2 Å². The quantitative estimate of drug-likeness (QED) is 0.458. The number of ether oxygens (including phenoxy) is 3. The molecule has 4 nitrogen and oxygen atoms in total. The summed E-state index contributed by atoms with van der Waals surface area (Å²) in [6.45, 7) is 0.690. The third kappa shape index (κ3) is 4.60. The van der Waals surface area contributed by atoms with Crippen LogP contribution in [0, 0.1) is 3.57 Å². The van der Waals surface area contributed by atoms with Crippen molar-refractivity contribution in [3.05, 3.63) is 75.9 Å². The molecule has 3 aromatic rings. The van der Waals surface area contributed by atoms with E-state index >= 15 is 0 Å². The van der Waals surface area contributed by atoms with Crippen molar-refractivity contribution in [1.29, 1.82) is 0 Å². The summed E-state index contributed by atoms with van der Waals surface area (Å²) in [4.78, 5) is 0. The van der Waals surface area contributed by atoms with Gasteiger partial charge in [0.1, 0.15) is 11.5 Å². The van der Waals surface area contributed by atoms with Gasteiger partial charge < -0.3 is 19.5 Å². The van der Waals surface area contributed by atoms with E-state index in [1.165, 1.54) is 0 Å². The molecule has 5 heteroatoms. The molecule has 0 aliphatic rings. The van der Waals surface area contributed by atoms with Crippen LogP contribution in [0.1, 0.15) is 5.56 Å². The van der Waals surface area contributed by atoms with Crippen LogP contribution in [0.25, 0.3) is 0 Å². The Kier molecular flexibility index (Phi) is 6.22. The lowest BCUT2D eigenvalue weighted by Gasteiger charge is -2.13.